The van der Waals surface area contributed by atoms with Gasteiger partial charge in [-0.05, 0) is 74.3 Å². The van der Waals surface area contributed by atoms with Crippen LogP contribution in [0.1, 0.15) is 76.1 Å². The number of thiophene rings is 1. The van der Waals surface area contributed by atoms with E-state index in [9.17, 15) is 23.1 Å². The zero-order valence-corrected chi connectivity index (χ0v) is 19.7. The summed E-state index contributed by atoms with van der Waals surface area (Å²) >= 11 is 1.64. The Balaban J connectivity index is 1.45. The molecule has 180 valence electrons. The van der Waals surface area contributed by atoms with Gasteiger partial charge in [0.25, 0.3) is 0 Å². The largest absolute Gasteiger partial charge is 0.507 e. The normalized spacial score (nSPS) is 18.1. The molecule has 0 amide bonds. The highest BCUT2D eigenvalue weighted by Gasteiger charge is 2.39. The minimum absolute atomic E-state index is 0.0394. The third kappa shape index (κ3) is 5.09. The lowest BCUT2D eigenvalue weighted by Crippen LogP contribution is -2.17. The van der Waals surface area contributed by atoms with Crippen LogP contribution in [0.15, 0.2) is 51.7 Å². The van der Waals surface area contributed by atoms with Crippen molar-refractivity contribution in [3.63, 3.8) is 0 Å². The number of benzene rings is 1. The fraction of sp³-hybridized carbons (Fsp3) is 0.444. The molecular weight excluding hydrogens is 461 g/mol. The van der Waals surface area contributed by atoms with Crippen LogP contribution in [-0.4, -0.2) is 5.11 Å². The van der Waals surface area contributed by atoms with E-state index in [4.69, 9.17) is 4.42 Å². The second-order valence-corrected chi connectivity index (χ2v) is 11.1. The molecule has 2 fully saturated rings. The molecule has 1 N–H and O–H groups in total. The first-order valence-corrected chi connectivity index (χ1v) is 12.6. The molecule has 5 rings (SSSR count). The van der Waals surface area contributed by atoms with Gasteiger partial charge in [0.1, 0.15) is 11.5 Å². The van der Waals surface area contributed by atoms with E-state index in [1.165, 1.54) is 12.1 Å². The van der Waals surface area contributed by atoms with Gasteiger partial charge >= 0.3 is 11.8 Å². The Morgan fingerprint density at radius 3 is 2.32 bits per heavy atom. The molecule has 3 nitrogen and oxygen atoms in total. The summed E-state index contributed by atoms with van der Waals surface area (Å²) in [7, 11) is 0. The molecule has 2 unspecified atom stereocenters. The zero-order chi connectivity index (χ0) is 24.0. The van der Waals surface area contributed by atoms with Crippen molar-refractivity contribution in [2.24, 2.45) is 11.8 Å². The van der Waals surface area contributed by atoms with Crippen LogP contribution in [0.5, 0.6) is 5.75 Å². The second-order valence-electron chi connectivity index (χ2n) is 9.77. The Kier molecular flexibility index (Phi) is 6.09. The second kappa shape index (κ2) is 8.91. The van der Waals surface area contributed by atoms with Gasteiger partial charge in [-0.15, -0.1) is 11.3 Å². The summed E-state index contributed by atoms with van der Waals surface area (Å²) in [5, 5.41) is 11.0. The van der Waals surface area contributed by atoms with E-state index in [0.717, 1.165) is 59.6 Å². The topological polar surface area (TPSA) is 50.4 Å². The van der Waals surface area contributed by atoms with Crippen LogP contribution in [-0.2, 0) is 12.6 Å². The Labute approximate surface area is 200 Å². The molecule has 0 radical (unpaired) electrons. The lowest BCUT2D eigenvalue weighted by atomic mass is 9.89. The molecule has 0 saturated heterocycles. The molecule has 34 heavy (non-hydrogen) atoms. The van der Waals surface area contributed by atoms with Gasteiger partial charge in [-0.3, -0.25) is 0 Å². The quantitative estimate of drug-likeness (QED) is 0.359. The van der Waals surface area contributed by atoms with Crippen molar-refractivity contribution in [3.05, 3.63) is 85.1 Å². The van der Waals surface area contributed by atoms with Gasteiger partial charge in [0.2, 0.25) is 0 Å². The van der Waals surface area contributed by atoms with Gasteiger partial charge in [-0.1, -0.05) is 25.0 Å². The Morgan fingerprint density at radius 2 is 1.79 bits per heavy atom. The highest BCUT2D eigenvalue weighted by Crippen LogP contribution is 2.49. The molecule has 2 aromatic heterocycles. The average Bonchev–Trinajstić information content (AvgIpc) is 3.70. The van der Waals surface area contributed by atoms with Crippen molar-refractivity contribution in [1.29, 1.82) is 0 Å². The fourth-order valence-electron chi connectivity index (χ4n) is 4.83. The zero-order valence-electron chi connectivity index (χ0n) is 18.9. The molecule has 0 aliphatic heterocycles. The van der Waals surface area contributed by atoms with Gasteiger partial charge in [0, 0.05) is 27.7 Å². The maximum Gasteiger partial charge on any atom is 0.416 e. The van der Waals surface area contributed by atoms with Crippen LogP contribution in [0.4, 0.5) is 13.2 Å². The molecule has 2 heterocycles. The smallest absolute Gasteiger partial charge is 0.416 e. The lowest BCUT2D eigenvalue weighted by molar-refractivity contribution is -0.137. The van der Waals surface area contributed by atoms with Crippen LogP contribution in [0.25, 0.3) is 0 Å². The molecular formula is C27H27F3O3S. The minimum atomic E-state index is -4.38. The summed E-state index contributed by atoms with van der Waals surface area (Å²) in [5.41, 5.74) is -0.118. The standard InChI is InChI=1S/C27H27F3O3S/c1-15-2-11-23(34-15)24(18-7-8-18)25-21(31)14-22(33-26(25)32)19(12-16-3-4-16)13-17-5-9-20(10-6-17)27(28,29)30/h2,5-6,9-11,14,16,18-19,24,31H,3-4,7-8,12-13H2,1H3. The Bertz CT molecular complexity index is 1220. The fourth-order valence-corrected chi connectivity index (χ4v) is 5.91. The van der Waals surface area contributed by atoms with Gasteiger partial charge in [0.15, 0.2) is 0 Å². The van der Waals surface area contributed by atoms with Crippen LogP contribution < -0.4 is 5.63 Å². The van der Waals surface area contributed by atoms with E-state index < -0.39 is 17.4 Å². The third-order valence-corrected chi connectivity index (χ3v) is 8.02. The van der Waals surface area contributed by atoms with Crippen molar-refractivity contribution in [3.8, 4) is 5.75 Å². The average molecular weight is 489 g/mol. The number of aryl methyl sites for hydroxylation is 1. The maximum atomic E-state index is 13.2. The number of rotatable bonds is 8. The van der Waals surface area contributed by atoms with Crippen molar-refractivity contribution < 1.29 is 22.7 Å². The highest BCUT2D eigenvalue weighted by atomic mass is 32.1. The minimum Gasteiger partial charge on any atom is -0.507 e. The molecule has 2 aliphatic rings. The predicted octanol–water partition coefficient (Wildman–Crippen LogP) is 7.40. The molecule has 2 saturated carbocycles. The molecule has 0 spiro atoms. The monoisotopic (exact) mass is 488 g/mol. The number of alkyl halides is 3. The number of aromatic hydroxyl groups is 1. The number of hydrogen-bond donors (Lipinski definition) is 1. The van der Waals surface area contributed by atoms with Crippen LogP contribution in [0.3, 0.4) is 0 Å². The summed E-state index contributed by atoms with van der Waals surface area (Å²) < 4.78 is 44.6. The summed E-state index contributed by atoms with van der Waals surface area (Å²) in [6.07, 6.45) is 1.07. The van der Waals surface area contributed by atoms with Gasteiger partial charge < -0.3 is 9.52 Å². The molecule has 1 aromatic carbocycles. The van der Waals surface area contributed by atoms with E-state index in [-0.39, 0.29) is 17.6 Å². The molecule has 0 bridgehead atoms. The van der Waals surface area contributed by atoms with Gasteiger partial charge in [-0.2, -0.15) is 13.2 Å². The molecule has 2 atom stereocenters. The van der Waals surface area contributed by atoms with E-state index in [1.807, 2.05) is 19.1 Å². The van der Waals surface area contributed by atoms with Crippen molar-refractivity contribution in [2.45, 2.75) is 63.5 Å². The van der Waals surface area contributed by atoms with E-state index in [1.54, 1.807) is 17.4 Å². The first-order chi connectivity index (χ1) is 16.2. The summed E-state index contributed by atoms with van der Waals surface area (Å²) in [4.78, 5) is 15.4. The number of hydrogen-bond acceptors (Lipinski definition) is 4. The van der Waals surface area contributed by atoms with Crippen LogP contribution in [0.2, 0.25) is 0 Å². The molecule has 2 aliphatic carbocycles. The maximum absolute atomic E-state index is 13.2. The SMILES string of the molecule is Cc1ccc(C(c2c(O)cc(C(Cc3ccc(C(F)(F)F)cc3)CC3CC3)oc2=O)C2CC2)s1. The molecule has 3 aromatic rings. The van der Waals surface area contributed by atoms with Crippen molar-refractivity contribution >= 4 is 11.3 Å². The van der Waals surface area contributed by atoms with E-state index in [0.29, 0.717) is 29.6 Å². The number of halogens is 3. The predicted molar refractivity (Wildman–Crippen MR) is 125 cm³/mol. The third-order valence-electron chi connectivity index (χ3n) is 6.94. The van der Waals surface area contributed by atoms with E-state index >= 15 is 0 Å². The van der Waals surface area contributed by atoms with Gasteiger partial charge in [-0.25, -0.2) is 4.79 Å². The van der Waals surface area contributed by atoms with Crippen LogP contribution >= 0.6 is 11.3 Å². The lowest BCUT2D eigenvalue weighted by Gasteiger charge is -2.19. The van der Waals surface area contributed by atoms with E-state index in [2.05, 4.69) is 0 Å². The summed E-state index contributed by atoms with van der Waals surface area (Å²) in [6, 6.07) is 10.8. The first-order valence-electron chi connectivity index (χ1n) is 11.8. The summed E-state index contributed by atoms with van der Waals surface area (Å²) in [5.74, 6) is 0.866. The highest BCUT2D eigenvalue weighted by molar-refractivity contribution is 7.12. The summed E-state index contributed by atoms with van der Waals surface area (Å²) in [6.45, 7) is 2.02. The van der Waals surface area contributed by atoms with Crippen LogP contribution in [0, 0.1) is 18.8 Å². The Morgan fingerprint density at radius 1 is 1.09 bits per heavy atom. The van der Waals surface area contributed by atoms with Crippen molar-refractivity contribution in [2.75, 3.05) is 0 Å². The first kappa shape index (κ1) is 23.2. The van der Waals surface area contributed by atoms with Gasteiger partial charge in [0.05, 0.1) is 11.1 Å². The molecule has 7 heteroatoms. The Hall–Kier alpha value is -2.54. The van der Waals surface area contributed by atoms with Crippen molar-refractivity contribution in [1.82, 2.24) is 0 Å².